The van der Waals surface area contributed by atoms with E-state index < -0.39 is 0 Å². The molecule has 0 radical (unpaired) electrons. The number of carbonyl (C=O) groups excluding carboxylic acids is 1. The van der Waals surface area contributed by atoms with E-state index in [1.807, 2.05) is 17.0 Å². The van der Waals surface area contributed by atoms with Crippen LogP contribution in [0.15, 0.2) is 60.7 Å². The van der Waals surface area contributed by atoms with Gasteiger partial charge in [0.1, 0.15) is 5.75 Å². The molecule has 1 heterocycles. The Labute approximate surface area is 154 Å². The zero-order chi connectivity index (χ0) is 18.1. The van der Waals surface area contributed by atoms with E-state index in [-0.39, 0.29) is 11.8 Å². The smallest absolute Gasteiger partial charge is 0.227 e. The van der Waals surface area contributed by atoms with Gasteiger partial charge < -0.3 is 9.64 Å². The molecule has 3 heteroatoms. The van der Waals surface area contributed by atoms with Gasteiger partial charge >= 0.3 is 0 Å². The normalized spacial score (nSPS) is 16.6. The molecule has 132 valence electrons. The van der Waals surface area contributed by atoms with E-state index in [9.17, 15) is 4.79 Å². The molecule has 0 saturated heterocycles. The minimum Gasteiger partial charge on any atom is -0.497 e. The summed E-state index contributed by atoms with van der Waals surface area (Å²) in [6.45, 7) is 2.88. The molecule has 26 heavy (non-hydrogen) atoms. The van der Waals surface area contributed by atoms with Crippen molar-refractivity contribution >= 4 is 22.4 Å². The van der Waals surface area contributed by atoms with E-state index in [1.54, 1.807) is 7.11 Å². The standard InChI is InChI=1S/C23H23NO2/c1-3-14-24-21-13-10-16-6-4-5-7-19(16)23(21)20(15-22(24)25)17-8-11-18(26-2)12-9-17/h4-13,20H,3,14-15H2,1-2H3. The Balaban J connectivity index is 1.92. The van der Waals surface area contributed by atoms with Crippen LogP contribution >= 0.6 is 0 Å². The summed E-state index contributed by atoms with van der Waals surface area (Å²) in [5.74, 6) is 1.11. The second kappa shape index (κ2) is 6.83. The van der Waals surface area contributed by atoms with Crippen LogP contribution in [0.4, 0.5) is 5.69 Å². The fraction of sp³-hybridized carbons (Fsp3) is 0.261. The van der Waals surface area contributed by atoms with Crippen LogP contribution in [0.2, 0.25) is 0 Å². The Kier molecular flexibility index (Phi) is 4.37. The number of rotatable bonds is 4. The van der Waals surface area contributed by atoms with Crippen molar-refractivity contribution in [3.8, 4) is 5.75 Å². The first-order valence-electron chi connectivity index (χ1n) is 9.19. The second-order valence-corrected chi connectivity index (χ2v) is 6.79. The summed E-state index contributed by atoms with van der Waals surface area (Å²) in [5.41, 5.74) is 3.48. The van der Waals surface area contributed by atoms with E-state index in [0.717, 1.165) is 30.0 Å². The monoisotopic (exact) mass is 345 g/mol. The topological polar surface area (TPSA) is 29.5 Å². The van der Waals surface area contributed by atoms with Crippen molar-refractivity contribution in [2.24, 2.45) is 0 Å². The lowest BCUT2D eigenvalue weighted by Gasteiger charge is -2.35. The first-order valence-corrected chi connectivity index (χ1v) is 9.19. The van der Waals surface area contributed by atoms with E-state index in [2.05, 4.69) is 55.5 Å². The number of hydrogen-bond donors (Lipinski definition) is 0. The Morgan fingerprint density at radius 3 is 2.54 bits per heavy atom. The number of amides is 1. The summed E-state index contributed by atoms with van der Waals surface area (Å²) in [6.07, 6.45) is 1.46. The van der Waals surface area contributed by atoms with Crippen molar-refractivity contribution in [1.29, 1.82) is 0 Å². The number of methoxy groups -OCH3 is 1. The van der Waals surface area contributed by atoms with Gasteiger partial charge in [-0.2, -0.15) is 0 Å². The first kappa shape index (κ1) is 16.6. The minimum atomic E-state index is 0.0719. The number of carbonyl (C=O) groups is 1. The molecule has 0 N–H and O–H groups in total. The highest BCUT2D eigenvalue weighted by Crippen LogP contribution is 2.44. The summed E-state index contributed by atoms with van der Waals surface area (Å²) < 4.78 is 5.29. The lowest BCUT2D eigenvalue weighted by Crippen LogP contribution is -2.37. The van der Waals surface area contributed by atoms with Gasteiger partial charge in [0, 0.05) is 24.6 Å². The summed E-state index contributed by atoms with van der Waals surface area (Å²) >= 11 is 0. The molecule has 1 aliphatic heterocycles. The van der Waals surface area contributed by atoms with E-state index in [4.69, 9.17) is 4.74 Å². The molecule has 4 rings (SSSR count). The largest absolute Gasteiger partial charge is 0.497 e. The van der Waals surface area contributed by atoms with Gasteiger partial charge in [-0.15, -0.1) is 0 Å². The number of benzene rings is 3. The Morgan fingerprint density at radius 1 is 1.04 bits per heavy atom. The van der Waals surface area contributed by atoms with Crippen LogP contribution in [0.1, 0.15) is 36.8 Å². The fourth-order valence-electron chi connectivity index (χ4n) is 4.00. The third kappa shape index (κ3) is 2.74. The van der Waals surface area contributed by atoms with Gasteiger partial charge in [0.2, 0.25) is 5.91 Å². The number of nitrogens with zero attached hydrogens (tertiary/aromatic N) is 1. The molecule has 3 aromatic rings. The molecule has 1 amide bonds. The van der Waals surface area contributed by atoms with E-state index in [0.29, 0.717) is 6.42 Å². The highest BCUT2D eigenvalue weighted by molar-refractivity contribution is 6.03. The second-order valence-electron chi connectivity index (χ2n) is 6.79. The molecule has 0 bridgehead atoms. The summed E-state index contributed by atoms with van der Waals surface area (Å²) in [7, 11) is 1.67. The lowest BCUT2D eigenvalue weighted by molar-refractivity contribution is -0.119. The van der Waals surface area contributed by atoms with Crippen LogP contribution in [-0.2, 0) is 4.79 Å². The molecule has 1 atom stereocenters. The van der Waals surface area contributed by atoms with Gasteiger partial charge in [-0.3, -0.25) is 4.79 Å². The molecular formula is C23H23NO2. The van der Waals surface area contributed by atoms with Gasteiger partial charge in [0.15, 0.2) is 0 Å². The Hall–Kier alpha value is -2.81. The third-order valence-electron chi connectivity index (χ3n) is 5.23. The molecule has 0 saturated carbocycles. The van der Waals surface area contributed by atoms with Gasteiger partial charge in [0.25, 0.3) is 0 Å². The van der Waals surface area contributed by atoms with Crippen LogP contribution in [0.25, 0.3) is 10.8 Å². The Morgan fingerprint density at radius 2 is 1.81 bits per heavy atom. The average Bonchev–Trinajstić information content (AvgIpc) is 2.69. The van der Waals surface area contributed by atoms with Crippen molar-refractivity contribution in [1.82, 2.24) is 0 Å². The van der Waals surface area contributed by atoms with Crippen LogP contribution in [0.3, 0.4) is 0 Å². The van der Waals surface area contributed by atoms with Gasteiger partial charge in [-0.05, 0) is 46.5 Å². The molecular weight excluding hydrogens is 322 g/mol. The van der Waals surface area contributed by atoms with Crippen molar-refractivity contribution in [3.05, 3.63) is 71.8 Å². The average molecular weight is 345 g/mol. The van der Waals surface area contributed by atoms with Crippen LogP contribution in [0, 0.1) is 0 Å². The zero-order valence-corrected chi connectivity index (χ0v) is 15.2. The Bertz CT molecular complexity index is 946. The number of fused-ring (bicyclic) bond motifs is 3. The zero-order valence-electron chi connectivity index (χ0n) is 15.2. The first-order chi connectivity index (χ1) is 12.7. The van der Waals surface area contributed by atoms with Gasteiger partial charge in [-0.25, -0.2) is 0 Å². The third-order valence-corrected chi connectivity index (χ3v) is 5.23. The van der Waals surface area contributed by atoms with Crippen molar-refractivity contribution in [3.63, 3.8) is 0 Å². The van der Waals surface area contributed by atoms with Gasteiger partial charge in [0.05, 0.1) is 7.11 Å². The highest BCUT2D eigenvalue weighted by atomic mass is 16.5. The molecule has 3 nitrogen and oxygen atoms in total. The van der Waals surface area contributed by atoms with Crippen LogP contribution in [0.5, 0.6) is 5.75 Å². The predicted molar refractivity (Wildman–Crippen MR) is 106 cm³/mol. The predicted octanol–water partition coefficient (Wildman–Crippen LogP) is 5.13. The number of ether oxygens (including phenoxy) is 1. The van der Waals surface area contributed by atoms with Gasteiger partial charge in [-0.1, -0.05) is 49.4 Å². The SMILES string of the molecule is CCCN1C(=O)CC(c2ccc(OC)cc2)c2c1ccc1ccccc21. The molecule has 0 spiro atoms. The quantitative estimate of drug-likeness (QED) is 0.656. The molecule has 1 unspecified atom stereocenters. The van der Waals surface area contributed by atoms with Crippen LogP contribution in [-0.4, -0.2) is 19.6 Å². The molecule has 0 aliphatic carbocycles. The molecule has 0 aromatic heterocycles. The number of hydrogen-bond acceptors (Lipinski definition) is 2. The molecule has 0 fully saturated rings. The van der Waals surface area contributed by atoms with Crippen LogP contribution < -0.4 is 9.64 Å². The maximum Gasteiger partial charge on any atom is 0.227 e. The summed E-state index contributed by atoms with van der Waals surface area (Å²) in [4.78, 5) is 14.9. The minimum absolute atomic E-state index is 0.0719. The van der Waals surface area contributed by atoms with E-state index in [1.165, 1.54) is 16.3 Å². The van der Waals surface area contributed by atoms with Crippen molar-refractivity contribution in [2.45, 2.75) is 25.7 Å². The maximum absolute atomic E-state index is 12.9. The number of anilines is 1. The fourth-order valence-corrected chi connectivity index (χ4v) is 4.00. The molecule has 1 aliphatic rings. The molecule has 3 aromatic carbocycles. The maximum atomic E-state index is 12.9. The summed E-state index contributed by atoms with van der Waals surface area (Å²) in [5, 5.41) is 2.45. The van der Waals surface area contributed by atoms with E-state index >= 15 is 0 Å². The van der Waals surface area contributed by atoms with Crippen molar-refractivity contribution < 1.29 is 9.53 Å². The summed E-state index contributed by atoms with van der Waals surface area (Å²) in [6, 6.07) is 20.8. The highest BCUT2D eigenvalue weighted by Gasteiger charge is 2.33. The lowest BCUT2D eigenvalue weighted by atomic mass is 9.81. The van der Waals surface area contributed by atoms with Crippen molar-refractivity contribution in [2.75, 3.05) is 18.6 Å².